The lowest BCUT2D eigenvalue weighted by Crippen LogP contribution is -2.42. The highest BCUT2D eigenvalue weighted by molar-refractivity contribution is 9.10. The molecule has 18 heavy (non-hydrogen) atoms. The normalized spacial score (nSPS) is 33.7. The Morgan fingerprint density at radius 2 is 2.22 bits per heavy atom. The van der Waals surface area contributed by atoms with Gasteiger partial charge >= 0.3 is 0 Å². The molecule has 1 amide bonds. The molecular formula is C13H16BrN3O. The summed E-state index contributed by atoms with van der Waals surface area (Å²) in [5.74, 6) is 1.03. The lowest BCUT2D eigenvalue weighted by molar-refractivity contribution is -0.121. The van der Waals surface area contributed by atoms with E-state index >= 15 is 0 Å². The largest absolute Gasteiger partial charge is 0.327 e. The van der Waals surface area contributed by atoms with Gasteiger partial charge in [-0.15, -0.1) is 0 Å². The highest BCUT2D eigenvalue weighted by atomic mass is 79.9. The van der Waals surface area contributed by atoms with Gasteiger partial charge in [-0.2, -0.15) is 0 Å². The predicted octanol–water partition coefficient (Wildman–Crippen LogP) is 2.16. The zero-order chi connectivity index (χ0) is 12.7. The molecule has 0 radical (unpaired) electrons. The Bertz CT molecular complexity index is 477. The summed E-state index contributed by atoms with van der Waals surface area (Å²) in [6.07, 6.45) is 5.13. The summed E-state index contributed by atoms with van der Waals surface area (Å²) in [4.78, 5) is 16.4. The highest BCUT2D eigenvalue weighted by Gasteiger charge is 2.49. The number of rotatable bonds is 2. The van der Waals surface area contributed by atoms with Crippen molar-refractivity contribution in [3.63, 3.8) is 0 Å². The SMILES string of the molecule is NC1C2CCC(C2)C1C(=O)Nc1cccnc1Br. The molecule has 2 saturated carbocycles. The van der Waals surface area contributed by atoms with Crippen LogP contribution in [0.1, 0.15) is 19.3 Å². The number of aromatic nitrogens is 1. The van der Waals surface area contributed by atoms with Crippen LogP contribution in [-0.4, -0.2) is 16.9 Å². The fraction of sp³-hybridized carbons (Fsp3) is 0.538. The summed E-state index contributed by atoms with van der Waals surface area (Å²) in [5, 5.41) is 2.94. The minimum atomic E-state index is -0.0316. The van der Waals surface area contributed by atoms with E-state index in [9.17, 15) is 4.79 Å². The number of halogens is 1. The molecule has 0 spiro atoms. The molecule has 4 unspecified atom stereocenters. The number of carbonyl (C=O) groups excluding carboxylic acids is 1. The molecule has 2 aliphatic rings. The lowest BCUT2D eigenvalue weighted by Gasteiger charge is -2.27. The van der Waals surface area contributed by atoms with Crippen LogP contribution in [0.3, 0.4) is 0 Å². The molecule has 3 rings (SSSR count). The summed E-state index contributed by atoms with van der Waals surface area (Å²) in [5.41, 5.74) is 6.89. The Balaban J connectivity index is 1.74. The second-order valence-electron chi connectivity index (χ2n) is 5.27. The second-order valence-corrected chi connectivity index (χ2v) is 6.02. The van der Waals surface area contributed by atoms with E-state index in [0.717, 1.165) is 18.5 Å². The van der Waals surface area contributed by atoms with Crippen molar-refractivity contribution < 1.29 is 4.79 Å². The number of pyridine rings is 1. The minimum Gasteiger partial charge on any atom is -0.327 e. The van der Waals surface area contributed by atoms with Gasteiger partial charge < -0.3 is 11.1 Å². The van der Waals surface area contributed by atoms with Crippen molar-refractivity contribution in [2.75, 3.05) is 5.32 Å². The Morgan fingerprint density at radius 3 is 2.89 bits per heavy atom. The van der Waals surface area contributed by atoms with Crippen molar-refractivity contribution in [1.82, 2.24) is 4.98 Å². The molecular weight excluding hydrogens is 294 g/mol. The molecule has 5 heteroatoms. The monoisotopic (exact) mass is 309 g/mol. The number of hydrogen-bond donors (Lipinski definition) is 2. The van der Waals surface area contributed by atoms with Crippen molar-refractivity contribution in [1.29, 1.82) is 0 Å². The zero-order valence-electron chi connectivity index (χ0n) is 9.97. The van der Waals surface area contributed by atoms with Gasteiger partial charge in [0.15, 0.2) is 0 Å². The van der Waals surface area contributed by atoms with E-state index in [-0.39, 0.29) is 17.9 Å². The number of nitrogens with two attached hydrogens (primary N) is 1. The molecule has 2 bridgehead atoms. The third-order valence-electron chi connectivity index (χ3n) is 4.30. The predicted molar refractivity (Wildman–Crippen MR) is 72.9 cm³/mol. The first-order valence-electron chi connectivity index (χ1n) is 6.34. The number of nitrogens with zero attached hydrogens (tertiary/aromatic N) is 1. The molecule has 0 aromatic carbocycles. The molecule has 1 heterocycles. The molecule has 1 aromatic rings. The van der Waals surface area contributed by atoms with Crippen LogP contribution in [0.25, 0.3) is 0 Å². The van der Waals surface area contributed by atoms with Gasteiger partial charge in [0.2, 0.25) is 5.91 Å². The summed E-state index contributed by atoms with van der Waals surface area (Å²) < 4.78 is 0.662. The number of fused-ring (bicyclic) bond motifs is 2. The van der Waals surface area contributed by atoms with E-state index < -0.39 is 0 Å². The molecule has 3 N–H and O–H groups in total. The number of anilines is 1. The van der Waals surface area contributed by atoms with Crippen LogP contribution in [0.2, 0.25) is 0 Å². The summed E-state index contributed by atoms with van der Waals surface area (Å²) >= 11 is 3.33. The van der Waals surface area contributed by atoms with E-state index in [4.69, 9.17) is 5.73 Å². The summed E-state index contributed by atoms with van der Waals surface area (Å²) in [7, 11) is 0. The van der Waals surface area contributed by atoms with E-state index in [1.54, 1.807) is 12.3 Å². The fourth-order valence-electron chi connectivity index (χ4n) is 3.42. The number of carbonyl (C=O) groups is 1. The van der Waals surface area contributed by atoms with E-state index in [1.807, 2.05) is 6.07 Å². The summed E-state index contributed by atoms with van der Waals surface area (Å²) in [6.45, 7) is 0. The third-order valence-corrected chi connectivity index (χ3v) is 4.93. The first kappa shape index (κ1) is 12.1. The van der Waals surface area contributed by atoms with Crippen LogP contribution in [-0.2, 0) is 4.79 Å². The van der Waals surface area contributed by atoms with Gasteiger partial charge in [0.1, 0.15) is 4.60 Å². The van der Waals surface area contributed by atoms with Crippen LogP contribution in [0, 0.1) is 17.8 Å². The number of hydrogen-bond acceptors (Lipinski definition) is 3. The smallest absolute Gasteiger partial charge is 0.229 e. The molecule has 2 fully saturated rings. The lowest BCUT2D eigenvalue weighted by atomic mass is 9.84. The topological polar surface area (TPSA) is 68.0 Å². The zero-order valence-corrected chi connectivity index (χ0v) is 11.6. The van der Waals surface area contributed by atoms with Gasteiger partial charge in [-0.25, -0.2) is 4.98 Å². The average Bonchev–Trinajstić information content (AvgIpc) is 2.92. The van der Waals surface area contributed by atoms with Gasteiger partial charge in [-0.3, -0.25) is 4.79 Å². The van der Waals surface area contributed by atoms with Crippen molar-refractivity contribution in [3.05, 3.63) is 22.9 Å². The van der Waals surface area contributed by atoms with E-state index in [2.05, 4.69) is 26.2 Å². The second kappa shape index (κ2) is 4.63. The number of amides is 1. The Kier molecular flexibility index (Phi) is 3.11. The van der Waals surface area contributed by atoms with Crippen LogP contribution >= 0.6 is 15.9 Å². The molecule has 96 valence electrons. The average molecular weight is 310 g/mol. The van der Waals surface area contributed by atoms with E-state index in [0.29, 0.717) is 16.4 Å². The van der Waals surface area contributed by atoms with Gasteiger partial charge in [0.25, 0.3) is 0 Å². The molecule has 1 aromatic heterocycles. The standard InChI is InChI=1S/C13H16BrN3O/c14-12-9(2-1-5-16-12)17-13(18)10-7-3-4-8(6-7)11(10)15/h1-2,5,7-8,10-11H,3-4,6,15H2,(H,17,18). The molecule has 0 aliphatic heterocycles. The van der Waals surface area contributed by atoms with Gasteiger partial charge in [0, 0.05) is 12.2 Å². The first-order chi connectivity index (χ1) is 8.66. The van der Waals surface area contributed by atoms with Crippen LogP contribution in [0.15, 0.2) is 22.9 Å². The van der Waals surface area contributed by atoms with E-state index in [1.165, 1.54) is 6.42 Å². The molecule has 0 saturated heterocycles. The first-order valence-corrected chi connectivity index (χ1v) is 7.13. The molecule has 2 aliphatic carbocycles. The Hall–Kier alpha value is -0.940. The summed E-state index contributed by atoms with van der Waals surface area (Å²) in [6, 6.07) is 3.67. The fourth-order valence-corrected chi connectivity index (χ4v) is 3.77. The Morgan fingerprint density at radius 1 is 1.44 bits per heavy atom. The van der Waals surface area contributed by atoms with Crippen LogP contribution in [0.5, 0.6) is 0 Å². The van der Waals surface area contributed by atoms with Crippen molar-refractivity contribution in [2.45, 2.75) is 25.3 Å². The quantitative estimate of drug-likeness (QED) is 0.823. The molecule has 4 nitrogen and oxygen atoms in total. The third kappa shape index (κ3) is 1.95. The Labute approximate surface area is 114 Å². The minimum absolute atomic E-state index is 0.0270. The van der Waals surface area contributed by atoms with Crippen LogP contribution < -0.4 is 11.1 Å². The number of nitrogens with one attached hydrogen (secondary N) is 1. The van der Waals surface area contributed by atoms with Gasteiger partial charge in [-0.1, -0.05) is 0 Å². The molecule has 4 atom stereocenters. The maximum absolute atomic E-state index is 12.3. The van der Waals surface area contributed by atoms with Gasteiger partial charge in [0.05, 0.1) is 11.6 Å². The van der Waals surface area contributed by atoms with Crippen LogP contribution in [0.4, 0.5) is 5.69 Å². The van der Waals surface area contributed by atoms with Crippen molar-refractivity contribution in [3.8, 4) is 0 Å². The maximum atomic E-state index is 12.3. The highest BCUT2D eigenvalue weighted by Crippen LogP contribution is 2.47. The van der Waals surface area contributed by atoms with Gasteiger partial charge in [-0.05, 0) is 59.2 Å². The van der Waals surface area contributed by atoms with Crippen molar-refractivity contribution >= 4 is 27.5 Å². The maximum Gasteiger partial charge on any atom is 0.229 e. The van der Waals surface area contributed by atoms with Crippen molar-refractivity contribution in [2.24, 2.45) is 23.5 Å².